The maximum Gasteiger partial charge on any atom is 0.269 e. The van der Waals surface area contributed by atoms with Crippen LogP contribution >= 0.6 is 15.9 Å². The Kier molecular flexibility index (Phi) is 4.59. The molecule has 19 heavy (non-hydrogen) atoms. The Morgan fingerprint density at radius 2 is 1.89 bits per heavy atom. The van der Waals surface area contributed by atoms with E-state index in [2.05, 4.69) is 26.2 Å². The van der Waals surface area contributed by atoms with E-state index >= 15 is 0 Å². The number of nitrogens with one attached hydrogen (secondary N) is 1. The summed E-state index contributed by atoms with van der Waals surface area (Å²) in [5.74, 6) is 0. The normalized spacial score (nSPS) is 10.4. The van der Waals surface area contributed by atoms with Gasteiger partial charge in [-0.2, -0.15) is 0 Å². The third kappa shape index (κ3) is 4.11. The van der Waals surface area contributed by atoms with Gasteiger partial charge >= 0.3 is 0 Å². The van der Waals surface area contributed by atoms with Crippen molar-refractivity contribution in [3.63, 3.8) is 0 Å². The van der Waals surface area contributed by atoms with E-state index in [4.69, 9.17) is 0 Å². The summed E-state index contributed by atoms with van der Waals surface area (Å²) < 4.78 is 0.808. The van der Waals surface area contributed by atoms with E-state index in [0.29, 0.717) is 13.1 Å². The predicted octanol–water partition coefficient (Wildman–Crippen LogP) is 3.04. The number of rotatable bonds is 5. The van der Waals surface area contributed by atoms with Crippen LogP contribution in [-0.4, -0.2) is 9.91 Å². The molecule has 0 saturated heterocycles. The smallest absolute Gasteiger partial charge is 0.269 e. The minimum atomic E-state index is -0.400. The first-order valence-electron chi connectivity index (χ1n) is 5.70. The summed E-state index contributed by atoms with van der Waals surface area (Å²) in [6, 6.07) is 12.3. The maximum absolute atomic E-state index is 10.5. The fourth-order valence-corrected chi connectivity index (χ4v) is 2.00. The van der Waals surface area contributed by atoms with Crippen LogP contribution in [-0.2, 0) is 13.1 Å². The number of nitro benzene ring substituents is 1. The van der Waals surface area contributed by atoms with Gasteiger partial charge in [0.05, 0.1) is 10.6 Å². The van der Waals surface area contributed by atoms with Gasteiger partial charge in [-0.1, -0.05) is 18.2 Å². The first-order chi connectivity index (χ1) is 9.15. The number of benzene rings is 1. The Bertz CT molecular complexity index is 572. The molecule has 0 aliphatic heterocycles. The molecule has 2 aromatic rings. The van der Waals surface area contributed by atoms with Gasteiger partial charge in [-0.25, -0.2) is 4.98 Å². The van der Waals surface area contributed by atoms with Gasteiger partial charge < -0.3 is 5.32 Å². The monoisotopic (exact) mass is 321 g/mol. The molecule has 0 amide bonds. The van der Waals surface area contributed by atoms with Crippen molar-refractivity contribution < 1.29 is 4.92 Å². The number of halogens is 1. The molecule has 1 aromatic heterocycles. The highest BCUT2D eigenvalue weighted by Crippen LogP contribution is 2.12. The van der Waals surface area contributed by atoms with Crippen LogP contribution in [0.4, 0.5) is 5.69 Å². The van der Waals surface area contributed by atoms with Crippen molar-refractivity contribution in [3.05, 3.63) is 68.4 Å². The van der Waals surface area contributed by atoms with E-state index in [-0.39, 0.29) is 5.69 Å². The standard InChI is InChI=1S/C13H12BrN3O2/c14-13-3-1-2-11(16-13)9-15-8-10-4-6-12(7-5-10)17(18)19/h1-7,15H,8-9H2. The van der Waals surface area contributed by atoms with E-state index in [1.54, 1.807) is 12.1 Å². The van der Waals surface area contributed by atoms with E-state index in [1.165, 1.54) is 12.1 Å². The zero-order chi connectivity index (χ0) is 13.7. The van der Waals surface area contributed by atoms with Gasteiger partial charge in [-0.3, -0.25) is 10.1 Å². The van der Waals surface area contributed by atoms with Crippen LogP contribution < -0.4 is 5.32 Å². The molecular formula is C13H12BrN3O2. The molecule has 1 N–H and O–H groups in total. The predicted molar refractivity (Wildman–Crippen MR) is 75.6 cm³/mol. The lowest BCUT2D eigenvalue weighted by atomic mass is 10.2. The van der Waals surface area contributed by atoms with Gasteiger partial charge in [0.15, 0.2) is 0 Å². The third-order valence-corrected chi connectivity index (χ3v) is 3.00. The minimum Gasteiger partial charge on any atom is -0.307 e. The number of nitro groups is 1. The van der Waals surface area contributed by atoms with E-state index in [1.807, 2.05) is 18.2 Å². The number of hydrogen-bond donors (Lipinski definition) is 1. The molecule has 0 bridgehead atoms. The molecule has 1 aromatic carbocycles. The van der Waals surface area contributed by atoms with Gasteiger partial charge in [0.2, 0.25) is 0 Å². The van der Waals surface area contributed by atoms with E-state index in [0.717, 1.165) is 15.9 Å². The summed E-state index contributed by atoms with van der Waals surface area (Å²) in [6.45, 7) is 1.29. The largest absolute Gasteiger partial charge is 0.307 e. The van der Waals surface area contributed by atoms with Crippen LogP contribution in [0, 0.1) is 10.1 Å². The Morgan fingerprint density at radius 1 is 1.16 bits per heavy atom. The van der Waals surface area contributed by atoms with Crippen LogP contribution in [0.15, 0.2) is 47.1 Å². The summed E-state index contributed by atoms with van der Waals surface area (Å²) in [6.07, 6.45) is 0. The van der Waals surface area contributed by atoms with E-state index in [9.17, 15) is 10.1 Å². The summed E-state index contributed by atoms with van der Waals surface area (Å²) in [4.78, 5) is 14.4. The molecule has 0 unspecified atom stereocenters. The quantitative estimate of drug-likeness (QED) is 0.522. The van der Waals surface area contributed by atoms with Crippen molar-refractivity contribution in [2.45, 2.75) is 13.1 Å². The SMILES string of the molecule is O=[N+]([O-])c1ccc(CNCc2cccc(Br)n2)cc1. The summed E-state index contributed by atoms with van der Waals surface area (Å²) in [5.41, 5.74) is 2.05. The Hall–Kier alpha value is -1.79. The third-order valence-electron chi connectivity index (χ3n) is 2.56. The molecule has 0 aliphatic rings. The Labute approximate surface area is 119 Å². The van der Waals surface area contributed by atoms with Crippen LogP contribution in [0.25, 0.3) is 0 Å². The number of non-ortho nitro benzene ring substituents is 1. The average molecular weight is 322 g/mol. The lowest BCUT2D eigenvalue weighted by Gasteiger charge is -2.04. The molecule has 0 atom stereocenters. The summed E-state index contributed by atoms with van der Waals surface area (Å²) in [7, 11) is 0. The zero-order valence-corrected chi connectivity index (χ0v) is 11.6. The first-order valence-corrected chi connectivity index (χ1v) is 6.50. The molecular weight excluding hydrogens is 310 g/mol. The van der Waals surface area contributed by atoms with Crippen molar-refractivity contribution in [2.75, 3.05) is 0 Å². The molecule has 5 nitrogen and oxygen atoms in total. The van der Waals surface area contributed by atoms with Gasteiger partial charge in [0.25, 0.3) is 5.69 Å². The molecule has 0 radical (unpaired) electrons. The Morgan fingerprint density at radius 3 is 2.53 bits per heavy atom. The van der Waals surface area contributed by atoms with Crippen molar-refractivity contribution in [3.8, 4) is 0 Å². The van der Waals surface area contributed by atoms with Gasteiger partial charge in [-0.15, -0.1) is 0 Å². The van der Waals surface area contributed by atoms with Crippen molar-refractivity contribution >= 4 is 21.6 Å². The Balaban J connectivity index is 1.87. The summed E-state index contributed by atoms with van der Waals surface area (Å²) in [5, 5.41) is 13.8. The maximum atomic E-state index is 10.5. The lowest BCUT2D eigenvalue weighted by molar-refractivity contribution is -0.384. The second-order valence-corrected chi connectivity index (χ2v) is 4.79. The molecule has 0 fully saturated rings. The fraction of sp³-hybridized carbons (Fsp3) is 0.154. The van der Waals surface area contributed by atoms with E-state index < -0.39 is 4.92 Å². The second kappa shape index (κ2) is 6.40. The van der Waals surface area contributed by atoms with Crippen LogP contribution in [0.3, 0.4) is 0 Å². The average Bonchev–Trinajstić information content (AvgIpc) is 2.39. The number of nitrogens with zero attached hydrogens (tertiary/aromatic N) is 2. The number of pyridine rings is 1. The number of aromatic nitrogens is 1. The van der Waals surface area contributed by atoms with Crippen molar-refractivity contribution in [2.24, 2.45) is 0 Å². The molecule has 0 saturated carbocycles. The van der Waals surface area contributed by atoms with Gasteiger partial charge in [0, 0.05) is 25.2 Å². The topological polar surface area (TPSA) is 68.1 Å². The molecule has 2 rings (SSSR count). The molecule has 0 aliphatic carbocycles. The summed E-state index contributed by atoms with van der Waals surface area (Å²) >= 11 is 3.32. The number of hydrogen-bond acceptors (Lipinski definition) is 4. The zero-order valence-electron chi connectivity index (χ0n) is 10.0. The second-order valence-electron chi connectivity index (χ2n) is 3.98. The highest BCUT2D eigenvalue weighted by molar-refractivity contribution is 9.10. The van der Waals surface area contributed by atoms with Crippen LogP contribution in [0.1, 0.15) is 11.3 Å². The molecule has 6 heteroatoms. The highest BCUT2D eigenvalue weighted by Gasteiger charge is 2.03. The molecule has 1 heterocycles. The van der Waals surface area contributed by atoms with Crippen molar-refractivity contribution in [1.82, 2.24) is 10.3 Å². The lowest BCUT2D eigenvalue weighted by Crippen LogP contribution is -2.13. The van der Waals surface area contributed by atoms with Crippen molar-refractivity contribution in [1.29, 1.82) is 0 Å². The fourth-order valence-electron chi connectivity index (χ4n) is 1.62. The molecule has 98 valence electrons. The highest BCUT2D eigenvalue weighted by atomic mass is 79.9. The minimum absolute atomic E-state index is 0.109. The van der Waals surface area contributed by atoms with Gasteiger partial charge in [-0.05, 0) is 33.6 Å². The molecule has 0 spiro atoms. The van der Waals surface area contributed by atoms with Crippen LogP contribution in [0.5, 0.6) is 0 Å². The van der Waals surface area contributed by atoms with Gasteiger partial charge in [0.1, 0.15) is 4.60 Å². The van der Waals surface area contributed by atoms with Crippen LogP contribution in [0.2, 0.25) is 0 Å². The first kappa shape index (κ1) is 13.6.